The lowest BCUT2D eigenvalue weighted by atomic mass is 10.2. The molecule has 2 aromatic rings. The monoisotopic (exact) mass is 377 g/mol. The van der Waals surface area contributed by atoms with Crippen molar-refractivity contribution in [2.45, 2.75) is 37.1 Å². The number of aromatic nitrogens is 2. The topological polar surface area (TPSA) is 93.3 Å². The minimum Gasteiger partial charge on any atom is -0.493 e. The average Bonchev–Trinajstić information content (AvgIpc) is 2.61. The Morgan fingerprint density at radius 3 is 2.65 bits per heavy atom. The molecule has 140 valence electrons. The first-order chi connectivity index (χ1) is 12.5. The summed E-state index contributed by atoms with van der Waals surface area (Å²) in [6.07, 6.45) is 1.62. The molecule has 0 spiro atoms. The zero-order chi connectivity index (χ0) is 19.1. The molecule has 0 bridgehead atoms. The molecule has 0 aliphatic heterocycles. The van der Waals surface area contributed by atoms with Crippen LogP contribution in [0.5, 0.6) is 11.5 Å². The predicted octanol–water partition coefficient (Wildman–Crippen LogP) is 2.86. The van der Waals surface area contributed by atoms with Crippen LogP contribution in [0.25, 0.3) is 0 Å². The molecule has 26 heavy (non-hydrogen) atoms. The van der Waals surface area contributed by atoms with E-state index in [9.17, 15) is 9.59 Å². The van der Waals surface area contributed by atoms with Crippen molar-refractivity contribution in [1.29, 1.82) is 0 Å². The van der Waals surface area contributed by atoms with E-state index in [0.29, 0.717) is 22.3 Å². The highest BCUT2D eigenvalue weighted by atomic mass is 32.2. The first kappa shape index (κ1) is 19.8. The summed E-state index contributed by atoms with van der Waals surface area (Å²) in [5.41, 5.74) is 1.12. The summed E-state index contributed by atoms with van der Waals surface area (Å²) < 4.78 is 10.4. The Kier molecular flexibility index (Phi) is 7.08. The quantitative estimate of drug-likeness (QED) is 0.543. The number of carbonyl (C=O) groups is 1. The number of aromatic amines is 1. The molecule has 1 heterocycles. The summed E-state index contributed by atoms with van der Waals surface area (Å²) in [6.45, 7) is 3.78. The van der Waals surface area contributed by atoms with Crippen LogP contribution < -0.4 is 20.3 Å². The fraction of sp³-hybridized carbons (Fsp3) is 0.389. The number of hydrogen-bond acceptors (Lipinski definition) is 6. The van der Waals surface area contributed by atoms with Crippen LogP contribution in [0.2, 0.25) is 0 Å². The van der Waals surface area contributed by atoms with Gasteiger partial charge in [0, 0.05) is 23.5 Å². The maximum absolute atomic E-state index is 12.4. The van der Waals surface area contributed by atoms with Crippen LogP contribution in [0.3, 0.4) is 0 Å². The van der Waals surface area contributed by atoms with Crippen molar-refractivity contribution in [3.63, 3.8) is 0 Å². The molecular formula is C18H23N3O4S. The summed E-state index contributed by atoms with van der Waals surface area (Å²) >= 11 is 1.21. The summed E-state index contributed by atoms with van der Waals surface area (Å²) in [7, 11) is 3.09. The second kappa shape index (κ2) is 9.28. The number of amides is 1. The van der Waals surface area contributed by atoms with E-state index >= 15 is 0 Å². The lowest BCUT2D eigenvalue weighted by Crippen LogP contribution is -2.23. The molecule has 0 saturated carbocycles. The Labute approximate surface area is 156 Å². The van der Waals surface area contributed by atoms with E-state index in [2.05, 4.69) is 15.3 Å². The number of rotatable bonds is 8. The molecule has 0 aliphatic carbocycles. The fourth-order valence-corrected chi connectivity index (χ4v) is 3.13. The third kappa shape index (κ3) is 5.26. The van der Waals surface area contributed by atoms with Crippen molar-refractivity contribution in [3.05, 3.63) is 40.3 Å². The van der Waals surface area contributed by atoms with E-state index < -0.39 is 5.25 Å². The van der Waals surface area contributed by atoms with Gasteiger partial charge in [-0.2, -0.15) is 0 Å². The van der Waals surface area contributed by atoms with Crippen molar-refractivity contribution in [3.8, 4) is 11.5 Å². The number of benzene rings is 1. The molecule has 1 amide bonds. The summed E-state index contributed by atoms with van der Waals surface area (Å²) in [5, 5.41) is 2.83. The Morgan fingerprint density at radius 2 is 2.00 bits per heavy atom. The normalized spacial score (nSPS) is 11.7. The van der Waals surface area contributed by atoms with Gasteiger partial charge in [-0.1, -0.05) is 25.1 Å². The van der Waals surface area contributed by atoms with Crippen LogP contribution in [0.15, 0.2) is 34.2 Å². The third-order valence-electron chi connectivity index (χ3n) is 3.59. The van der Waals surface area contributed by atoms with E-state index in [1.807, 2.05) is 6.92 Å². The molecule has 2 rings (SSSR count). The minimum absolute atomic E-state index is 0.203. The zero-order valence-electron chi connectivity index (χ0n) is 15.3. The van der Waals surface area contributed by atoms with E-state index in [1.165, 1.54) is 24.9 Å². The Morgan fingerprint density at radius 1 is 1.27 bits per heavy atom. The van der Waals surface area contributed by atoms with Crippen LogP contribution in [0.1, 0.15) is 26.0 Å². The van der Waals surface area contributed by atoms with Gasteiger partial charge in [0.05, 0.1) is 19.5 Å². The maximum atomic E-state index is 12.4. The average molecular weight is 377 g/mol. The Bertz CT molecular complexity index is 822. The van der Waals surface area contributed by atoms with Crippen LogP contribution in [0, 0.1) is 0 Å². The molecule has 1 aromatic heterocycles. The number of methoxy groups -OCH3 is 2. The number of anilines is 1. The van der Waals surface area contributed by atoms with Gasteiger partial charge >= 0.3 is 0 Å². The first-order valence-electron chi connectivity index (χ1n) is 8.26. The van der Waals surface area contributed by atoms with Crippen LogP contribution in [-0.2, 0) is 11.2 Å². The molecular weight excluding hydrogens is 354 g/mol. The molecule has 0 saturated heterocycles. The van der Waals surface area contributed by atoms with Gasteiger partial charge in [-0.3, -0.25) is 9.59 Å². The first-order valence-corrected chi connectivity index (χ1v) is 9.14. The molecule has 2 N–H and O–H groups in total. The van der Waals surface area contributed by atoms with Gasteiger partial charge in [-0.15, -0.1) is 0 Å². The van der Waals surface area contributed by atoms with Gasteiger partial charge in [-0.05, 0) is 25.5 Å². The standard InChI is InChI=1S/C18H23N3O4S/c1-5-6-12-10-16(22)21-18(20-12)26-11(2)17(23)19-13-7-8-14(24-3)15(9-13)25-4/h7-11H,5-6H2,1-4H3,(H,19,23)(H,20,21,22). The van der Waals surface area contributed by atoms with Gasteiger partial charge in [0.15, 0.2) is 16.7 Å². The van der Waals surface area contributed by atoms with Crippen LogP contribution in [0.4, 0.5) is 5.69 Å². The highest BCUT2D eigenvalue weighted by Crippen LogP contribution is 2.30. The minimum atomic E-state index is -0.442. The van der Waals surface area contributed by atoms with Crippen molar-refractivity contribution >= 4 is 23.4 Å². The van der Waals surface area contributed by atoms with Crippen molar-refractivity contribution < 1.29 is 14.3 Å². The highest BCUT2D eigenvalue weighted by molar-refractivity contribution is 8.00. The lowest BCUT2D eigenvalue weighted by molar-refractivity contribution is -0.115. The Hall–Kier alpha value is -2.48. The maximum Gasteiger partial charge on any atom is 0.251 e. The molecule has 8 heteroatoms. The highest BCUT2D eigenvalue weighted by Gasteiger charge is 2.17. The second-order valence-corrected chi connectivity index (χ2v) is 6.94. The van der Waals surface area contributed by atoms with E-state index in [1.54, 1.807) is 32.2 Å². The summed E-state index contributed by atoms with van der Waals surface area (Å²) in [5.74, 6) is 0.914. The molecule has 1 aromatic carbocycles. The number of carbonyl (C=O) groups excluding carboxylic acids is 1. The molecule has 1 unspecified atom stereocenters. The lowest BCUT2D eigenvalue weighted by Gasteiger charge is -2.13. The number of ether oxygens (including phenoxy) is 2. The largest absolute Gasteiger partial charge is 0.493 e. The Balaban J connectivity index is 2.07. The smallest absolute Gasteiger partial charge is 0.251 e. The van der Waals surface area contributed by atoms with Crippen molar-refractivity contribution in [2.75, 3.05) is 19.5 Å². The second-order valence-electron chi connectivity index (χ2n) is 5.61. The van der Waals surface area contributed by atoms with Crippen LogP contribution in [-0.4, -0.2) is 35.3 Å². The van der Waals surface area contributed by atoms with Crippen molar-refractivity contribution in [1.82, 2.24) is 9.97 Å². The van der Waals surface area contributed by atoms with Gasteiger partial charge in [0.1, 0.15) is 0 Å². The number of H-pyrrole nitrogens is 1. The number of thioether (sulfide) groups is 1. The van der Waals surface area contributed by atoms with Gasteiger partial charge in [0.25, 0.3) is 5.56 Å². The number of hydrogen-bond donors (Lipinski definition) is 2. The van der Waals surface area contributed by atoms with Crippen LogP contribution >= 0.6 is 11.8 Å². The fourth-order valence-electron chi connectivity index (χ4n) is 2.30. The van der Waals surface area contributed by atoms with Gasteiger partial charge in [0.2, 0.25) is 5.91 Å². The SMILES string of the molecule is CCCc1cc(=O)[nH]c(SC(C)C(=O)Nc2ccc(OC)c(OC)c2)n1. The number of nitrogens with one attached hydrogen (secondary N) is 2. The number of aryl methyl sites for hydroxylation is 1. The van der Waals surface area contributed by atoms with Crippen molar-refractivity contribution in [2.24, 2.45) is 0 Å². The zero-order valence-corrected chi connectivity index (χ0v) is 16.1. The van der Waals surface area contributed by atoms with E-state index in [-0.39, 0.29) is 11.5 Å². The van der Waals surface area contributed by atoms with Gasteiger partial charge < -0.3 is 19.8 Å². The molecule has 1 atom stereocenters. The van der Waals surface area contributed by atoms with E-state index in [4.69, 9.17) is 9.47 Å². The third-order valence-corrected chi connectivity index (χ3v) is 4.57. The predicted molar refractivity (Wildman–Crippen MR) is 102 cm³/mol. The molecule has 0 radical (unpaired) electrons. The molecule has 7 nitrogen and oxygen atoms in total. The number of nitrogens with zero attached hydrogens (tertiary/aromatic N) is 1. The van der Waals surface area contributed by atoms with Gasteiger partial charge in [-0.25, -0.2) is 4.98 Å². The molecule has 0 aliphatic rings. The molecule has 0 fully saturated rings. The summed E-state index contributed by atoms with van der Waals surface area (Å²) in [4.78, 5) is 31.2. The van der Waals surface area contributed by atoms with E-state index in [0.717, 1.165) is 18.5 Å². The summed E-state index contributed by atoms with van der Waals surface area (Å²) in [6, 6.07) is 6.64.